The van der Waals surface area contributed by atoms with E-state index in [1.165, 1.54) is 0 Å². The first kappa shape index (κ1) is 13.7. The second kappa shape index (κ2) is 4.65. The molecule has 0 aromatic carbocycles. The smallest absolute Gasteiger partial charge is 0.316 e. The van der Waals surface area contributed by atoms with Crippen molar-refractivity contribution < 1.29 is 18.9 Å². The zero-order chi connectivity index (χ0) is 14.4. The number of ether oxygens (including phenoxy) is 4. The van der Waals surface area contributed by atoms with Gasteiger partial charge < -0.3 is 18.9 Å². The number of hydrogen-bond donors (Lipinski definition) is 0. The molecular weight excluding hydrogens is 260 g/mol. The van der Waals surface area contributed by atoms with E-state index in [0.717, 1.165) is 5.56 Å². The molecule has 2 aliphatic heterocycles. The number of aromatic nitrogens is 2. The van der Waals surface area contributed by atoms with E-state index in [1.807, 2.05) is 20.8 Å². The molecule has 6 nitrogen and oxygen atoms in total. The van der Waals surface area contributed by atoms with Gasteiger partial charge >= 0.3 is 6.01 Å². The van der Waals surface area contributed by atoms with Crippen LogP contribution in [0.15, 0.2) is 12.4 Å². The van der Waals surface area contributed by atoms with E-state index in [-0.39, 0.29) is 12.2 Å². The third kappa shape index (κ3) is 1.82. The fraction of sp³-hybridized carbons (Fsp3) is 0.714. The molecule has 2 saturated heterocycles. The van der Waals surface area contributed by atoms with E-state index < -0.39 is 11.2 Å². The minimum absolute atomic E-state index is 0.0972. The van der Waals surface area contributed by atoms with Crippen LogP contribution in [0, 0.1) is 6.92 Å². The molecule has 0 bridgehead atoms. The van der Waals surface area contributed by atoms with Gasteiger partial charge in [0.2, 0.25) is 0 Å². The van der Waals surface area contributed by atoms with E-state index >= 15 is 0 Å². The second-order valence-electron chi connectivity index (χ2n) is 5.71. The van der Waals surface area contributed by atoms with Gasteiger partial charge in [0, 0.05) is 19.5 Å². The summed E-state index contributed by atoms with van der Waals surface area (Å²) in [5.74, 6) is 0. The van der Waals surface area contributed by atoms with Gasteiger partial charge in [-0.05, 0) is 26.3 Å². The highest BCUT2D eigenvalue weighted by Gasteiger charge is 2.67. The minimum atomic E-state index is -0.568. The third-order valence-electron chi connectivity index (χ3n) is 4.57. The molecule has 20 heavy (non-hydrogen) atoms. The first-order chi connectivity index (χ1) is 9.49. The van der Waals surface area contributed by atoms with Gasteiger partial charge in [-0.15, -0.1) is 0 Å². The van der Waals surface area contributed by atoms with Crippen LogP contribution in [0.5, 0.6) is 6.01 Å². The van der Waals surface area contributed by atoms with Gasteiger partial charge in [-0.3, -0.25) is 0 Å². The van der Waals surface area contributed by atoms with E-state index in [4.69, 9.17) is 18.9 Å². The summed E-state index contributed by atoms with van der Waals surface area (Å²) in [7, 11) is 1.67. The van der Waals surface area contributed by atoms with Crippen molar-refractivity contribution in [1.82, 2.24) is 9.97 Å². The van der Waals surface area contributed by atoms with Crippen LogP contribution in [-0.4, -0.2) is 53.7 Å². The molecule has 0 amide bonds. The maximum absolute atomic E-state index is 5.95. The Morgan fingerprint density at radius 2 is 1.65 bits per heavy atom. The van der Waals surface area contributed by atoms with Crippen molar-refractivity contribution in [2.24, 2.45) is 0 Å². The fourth-order valence-corrected chi connectivity index (χ4v) is 2.94. The molecule has 2 aliphatic rings. The van der Waals surface area contributed by atoms with Crippen molar-refractivity contribution in [3.05, 3.63) is 18.0 Å². The van der Waals surface area contributed by atoms with Crippen LogP contribution in [0.1, 0.15) is 19.4 Å². The van der Waals surface area contributed by atoms with Crippen molar-refractivity contribution >= 4 is 0 Å². The van der Waals surface area contributed by atoms with Crippen molar-refractivity contribution in [2.45, 2.75) is 44.2 Å². The van der Waals surface area contributed by atoms with Gasteiger partial charge in [0.25, 0.3) is 0 Å². The summed E-state index contributed by atoms with van der Waals surface area (Å²) in [6, 6.07) is 0.346. The molecule has 4 atom stereocenters. The predicted octanol–water partition coefficient (Wildman–Crippen LogP) is 1.13. The number of rotatable bonds is 3. The van der Waals surface area contributed by atoms with Crippen LogP contribution in [0.2, 0.25) is 0 Å². The lowest BCUT2D eigenvalue weighted by Gasteiger charge is -2.35. The Hall–Kier alpha value is -1.24. The molecule has 0 spiro atoms. The summed E-state index contributed by atoms with van der Waals surface area (Å²) in [4.78, 5) is 8.35. The highest BCUT2D eigenvalue weighted by molar-refractivity contribution is 5.16. The van der Waals surface area contributed by atoms with Crippen molar-refractivity contribution in [3.63, 3.8) is 0 Å². The van der Waals surface area contributed by atoms with Gasteiger partial charge in [0.15, 0.2) is 6.10 Å². The Morgan fingerprint density at radius 3 is 2.25 bits per heavy atom. The van der Waals surface area contributed by atoms with E-state index in [9.17, 15) is 0 Å². The average molecular weight is 280 g/mol. The third-order valence-corrected chi connectivity index (χ3v) is 4.57. The Labute approximate surface area is 118 Å². The van der Waals surface area contributed by atoms with Crippen molar-refractivity contribution in [1.29, 1.82) is 0 Å². The van der Waals surface area contributed by atoms with E-state index in [1.54, 1.807) is 19.5 Å². The summed E-state index contributed by atoms with van der Waals surface area (Å²) >= 11 is 0. The molecule has 0 saturated carbocycles. The van der Waals surface area contributed by atoms with E-state index in [0.29, 0.717) is 19.2 Å². The standard InChI is InChI=1S/C14H20N2O4/c1-9-5-15-12(16-6-9)20-11-8-19-13(2)10(17-4)7-18-14(11,13)3/h5-6,10-11H,7-8H2,1-4H3/t10-,11-,13-,14-/m1/s1. The van der Waals surface area contributed by atoms with Crippen LogP contribution < -0.4 is 4.74 Å². The molecule has 3 heterocycles. The summed E-state index contributed by atoms with van der Waals surface area (Å²) in [5.41, 5.74) is -0.0911. The van der Waals surface area contributed by atoms with E-state index in [2.05, 4.69) is 9.97 Å². The van der Waals surface area contributed by atoms with Gasteiger partial charge in [0.05, 0.1) is 13.2 Å². The molecule has 0 aliphatic carbocycles. The molecule has 6 heteroatoms. The Kier molecular flexibility index (Phi) is 3.19. The maximum atomic E-state index is 5.95. The van der Waals surface area contributed by atoms with Gasteiger partial charge in [0.1, 0.15) is 17.3 Å². The zero-order valence-corrected chi connectivity index (χ0v) is 12.3. The summed E-state index contributed by atoms with van der Waals surface area (Å²) in [6.45, 7) is 6.87. The minimum Gasteiger partial charge on any atom is -0.454 e. The number of methoxy groups -OCH3 is 1. The largest absolute Gasteiger partial charge is 0.454 e. The first-order valence-corrected chi connectivity index (χ1v) is 6.75. The monoisotopic (exact) mass is 280 g/mol. The number of hydrogen-bond acceptors (Lipinski definition) is 6. The Bertz CT molecular complexity index is 494. The highest BCUT2D eigenvalue weighted by atomic mass is 16.7. The normalized spacial score (nSPS) is 39.8. The molecule has 0 unspecified atom stereocenters. The fourth-order valence-electron chi connectivity index (χ4n) is 2.94. The lowest BCUT2D eigenvalue weighted by Crippen LogP contribution is -2.55. The number of fused-ring (bicyclic) bond motifs is 1. The van der Waals surface area contributed by atoms with Gasteiger partial charge in [-0.1, -0.05) is 0 Å². The van der Waals surface area contributed by atoms with Gasteiger partial charge in [-0.25, -0.2) is 9.97 Å². The van der Waals surface area contributed by atoms with Crippen LogP contribution in [-0.2, 0) is 14.2 Å². The average Bonchev–Trinajstić information content (AvgIpc) is 2.83. The zero-order valence-electron chi connectivity index (χ0n) is 12.3. The number of aryl methyl sites for hydroxylation is 1. The Balaban J connectivity index is 1.81. The molecule has 1 aromatic rings. The first-order valence-electron chi connectivity index (χ1n) is 6.75. The summed E-state index contributed by atoms with van der Waals surface area (Å²) < 4.78 is 23.2. The maximum Gasteiger partial charge on any atom is 0.316 e. The van der Waals surface area contributed by atoms with Crippen LogP contribution in [0.3, 0.4) is 0 Å². The quantitative estimate of drug-likeness (QED) is 0.827. The SMILES string of the molecule is CO[C@@H]1CO[C@]2(C)[C@H](Oc3ncc(C)cn3)CO[C@]12C. The molecule has 1 aromatic heterocycles. The highest BCUT2D eigenvalue weighted by Crippen LogP contribution is 2.48. The lowest BCUT2D eigenvalue weighted by molar-refractivity contribution is -0.110. The van der Waals surface area contributed by atoms with Crippen LogP contribution >= 0.6 is 0 Å². The second-order valence-corrected chi connectivity index (χ2v) is 5.71. The summed E-state index contributed by atoms with van der Waals surface area (Å²) in [5, 5.41) is 0. The van der Waals surface area contributed by atoms with Crippen molar-refractivity contribution in [2.75, 3.05) is 20.3 Å². The molecule has 0 N–H and O–H groups in total. The van der Waals surface area contributed by atoms with Gasteiger partial charge in [-0.2, -0.15) is 0 Å². The molecule has 110 valence electrons. The topological polar surface area (TPSA) is 62.7 Å². The molecule has 0 radical (unpaired) electrons. The molecule has 2 fully saturated rings. The van der Waals surface area contributed by atoms with Crippen LogP contribution in [0.4, 0.5) is 0 Å². The lowest BCUT2D eigenvalue weighted by atomic mass is 9.82. The van der Waals surface area contributed by atoms with Crippen LogP contribution in [0.25, 0.3) is 0 Å². The predicted molar refractivity (Wildman–Crippen MR) is 70.7 cm³/mol. The molecule has 3 rings (SSSR count). The Morgan fingerprint density at radius 1 is 1.10 bits per heavy atom. The number of nitrogens with zero attached hydrogens (tertiary/aromatic N) is 2. The van der Waals surface area contributed by atoms with Crippen molar-refractivity contribution in [3.8, 4) is 6.01 Å². The summed E-state index contributed by atoms with van der Waals surface area (Å²) in [6.07, 6.45) is 3.11. The molecular formula is C14H20N2O4.